The van der Waals surface area contributed by atoms with E-state index in [9.17, 15) is 18.0 Å². The number of nitrogens with two attached hydrogens (primary N) is 1. The molecule has 2 heterocycles. The number of amides is 1. The van der Waals surface area contributed by atoms with E-state index in [-0.39, 0.29) is 18.0 Å². The highest BCUT2D eigenvalue weighted by Gasteiger charge is 2.38. The number of fused-ring (bicyclic) bond motifs is 2. The Labute approximate surface area is 148 Å². The number of hydrogen-bond acceptors (Lipinski definition) is 3. The summed E-state index contributed by atoms with van der Waals surface area (Å²) in [4.78, 5) is 14.6. The highest BCUT2D eigenvalue weighted by atomic mass is 19.4. The minimum absolute atomic E-state index is 0.0422. The second-order valence-corrected chi connectivity index (χ2v) is 6.70. The standard InChI is InChI=1S/C19H17F3N2O2/c20-19(21,22)13-4-1-11(2-5-13)12-3-6-17-16(7-12)18(25)24-9-14(23)8-15(24)10-26-17/h1-7,14-15H,8-10,23H2/t14-,15-/m1/s1. The van der Waals surface area contributed by atoms with E-state index < -0.39 is 11.7 Å². The highest BCUT2D eigenvalue weighted by molar-refractivity contribution is 5.99. The molecule has 1 amide bonds. The SMILES string of the molecule is N[C@@H]1C[C@@H]2COc3ccc(-c4ccc(C(F)(F)F)cc4)cc3C(=O)N2C1. The first kappa shape index (κ1) is 16.9. The maximum atomic E-state index is 12.9. The van der Waals surface area contributed by atoms with Crippen molar-refractivity contribution in [1.82, 2.24) is 4.90 Å². The quantitative estimate of drug-likeness (QED) is 0.847. The van der Waals surface area contributed by atoms with Gasteiger partial charge in [0, 0.05) is 12.6 Å². The van der Waals surface area contributed by atoms with Crippen LogP contribution in [0.4, 0.5) is 13.2 Å². The van der Waals surface area contributed by atoms with Crippen molar-refractivity contribution in [2.24, 2.45) is 5.73 Å². The fourth-order valence-electron chi connectivity index (χ4n) is 3.55. The van der Waals surface area contributed by atoms with Crippen LogP contribution >= 0.6 is 0 Å². The molecule has 2 aromatic rings. The van der Waals surface area contributed by atoms with Gasteiger partial charge in [0.25, 0.3) is 5.91 Å². The molecule has 26 heavy (non-hydrogen) atoms. The number of nitrogens with zero attached hydrogens (tertiary/aromatic N) is 1. The minimum Gasteiger partial charge on any atom is -0.491 e. The molecule has 7 heteroatoms. The van der Waals surface area contributed by atoms with E-state index in [1.165, 1.54) is 12.1 Å². The maximum absolute atomic E-state index is 12.9. The fraction of sp³-hybridized carbons (Fsp3) is 0.316. The molecule has 1 fully saturated rings. The molecule has 0 unspecified atom stereocenters. The molecule has 1 saturated heterocycles. The van der Waals surface area contributed by atoms with E-state index >= 15 is 0 Å². The molecule has 2 aromatic carbocycles. The molecule has 4 nitrogen and oxygen atoms in total. The first-order valence-electron chi connectivity index (χ1n) is 8.34. The van der Waals surface area contributed by atoms with Crippen LogP contribution in [0.2, 0.25) is 0 Å². The van der Waals surface area contributed by atoms with E-state index in [1.54, 1.807) is 23.1 Å². The first-order chi connectivity index (χ1) is 12.3. The van der Waals surface area contributed by atoms with Gasteiger partial charge in [-0.05, 0) is 41.8 Å². The van der Waals surface area contributed by atoms with Gasteiger partial charge in [-0.25, -0.2) is 0 Å². The molecular weight excluding hydrogens is 345 g/mol. The Morgan fingerprint density at radius 3 is 2.46 bits per heavy atom. The average molecular weight is 362 g/mol. The van der Waals surface area contributed by atoms with Crippen LogP contribution in [0, 0.1) is 0 Å². The predicted octanol–water partition coefficient (Wildman–Crippen LogP) is 3.31. The number of rotatable bonds is 1. The van der Waals surface area contributed by atoms with Gasteiger partial charge >= 0.3 is 6.18 Å². The Balaban J connectivity index is 1.68. The van der Waals surface area contributed by atoms with Crippen LogP contribution in [0.1, 0.15) is 22.3 Å². The van der Waals surface area contributed by atoms with E-state index in [1.807, 2.05) is 0 Å². The van der Waals surface area contributed by atoms with Crippen molar-refractivity contribution < 1.29 is 22.7 Å². The molecule has 4 rings (SSSR count). The van der Waals surface area contributed by atoms with Gasteiger partial charge in [0.1, 0.15) is 12.4 Å². The van der Waals surface area contributed by atoms with Gasteiger partial charge < -0.3 is 15.4 Å². The van der Waals surface area contributed by atoms with Crippen molar-refractivity contribution in [2.45, 2.75) is 24.7 Å². The van der Waals surface area contributed by atoms with Crippen molar-refractivity contribution >= 4 is 5.91 Å². The lowest BCUT2D eigenvalue weighted by Gasteiger charge is -2.20. The summed E-state index contributed by atoms with van der Waals surface area (Å²) < 4.78 is 43.9. The zero-order valence-corrected chi connectivity index (χ0v) is 13.8. The summed E-state index contributed by atoms with van der Waals surface area (Å²) in [5, 5.41) is 0. The smallest absolute Gasteiger partial charge is 0.416 e. The van der Waals surface area contributed by atoms with Gasteiger partial charge in [-0.1, -0.05) is 18.2 Å². The molecule has 0 bridgehead atoms. The molecule has 136 valence electrons. The molecule has 0 spiro atoms. The summed E-state index contributed by atoms with van der Waals surface area (Å²) in [7, 11) is 0. The van der Waals surface area contributed by atoms with Crippen molar-refractivity contribution in [3.8, 4) is 16.9 Å². The number of ether oxygens (including phenoxy) is 1. The van der Waals surface area contributed by atoms with Crippen LogP contribution in [0.25, 0.3) is 11.1 Å². The third-order valence-electron chi connectivity index (χ3n) is 4.89. The Kier molecular flexibility index (Phi) is 3.91. The number of halogens is 3. The first-order valence-corrected chi connectivity index (χ1v) is 8.34. The largest absolute Gasteiger partial charge is 0.491 e. The third kappa shape index (κ3) is 2.92. The monoisotopic (exact) mass is 362 g/mol. The van der Waals surface area contributed by atoms with Crippen LogP contribution in [-0.4, -0.2) is 36.0 Å². The highest BCUT2D eigenvalue weighted by Crippen LogP contribution is 2.34. The molecule has 2 aliphatic heterocycles. The lowest BCUT2D eigenvalue weighted by Crippen LogP contribution is -2.37. The Morgan fingerprint density at radius 1 is 1.08 bits per heavy atom. The molecule has 2 N–H and O–H groups in total. The van der Waals surface area contributed by atoms with E-state index in [0.717, 1.165) is 12.1 Å². The van der Waals surface area contributed by atoms with E-state index in [2.05, 4.69) is 0 Å². The molecule has 2 aliphatic rings. The lowest BCUT2D eigenvalue weighted by atomic mass is 10.0. The molecular formula is C19H17F3N2O2. The summed E-state index contributed by atoms with van der Waals surface area (Å²) in [6.45, 7) is 0.878. The topological polar surface area (TPSA) is 55.6 Å². The van der Waals surface area contributed by atoms with Gasteiger partial charge in [0.15, 0.2) is 0 Å². The predicted molar refractivity (Wildman–Crippen MR) is 89.8 cm³/mol. The van der Waals surface area contributed by atoms with Crippen molar-refractivity contribution in [2.75, 3.05) is 13.2 Å². The number of hydrogen-bond donors (Lipinski definition) is 1. The molecule has 0 radical (unpaired) electrons. The molecule has 2 atom stereocenters. The third-order valence-corrected chi connectivity index (χ3v) is 4.89. The maximum Gasteiger partial charge on any atom is 0.416 e. The Morgan fingerprint density at radius 2 is 1.77 bits per heavy atom. The van der Waals surface area contributed by atoms with Crippen LogP contribution < -0.4 is 10.5 Å². The van der Waals surface area contributed by atoms with Gasteiger partial charge in [0.05, 0.1) is 17.2 Å². The van der Waals surface area contributed by atoms with E-state index in [4.69, 9.17) is 10.5 Å². The Bertz CT molecular complexity index is 849. The average Bonchev–Trinajstić information content (AvgIpc) is 2.94. The number of benzene rings is 2. The fourth-order valence-corrected chi connectivity index (χ4v) is 3.55. The van der Waals surface area contributed by atoms with Crippen molar-refractivity contribution in [1.29, 1.82) is 0 Å². The second-order valence-electron chi connectivity index (χ2n) is 6.70. The summed E-state index contributed by atoms with van der Waals surface area (Å²) in [6, 6.07) is 9.89. The zero-order valence-electron chi connectivity index (χ0n) is 13.8. The zero-order chi connectivity index (χ0) is 18.5. The van der Waals surface area contributed by atoms with Gasteiger partial charge in [-0.15, -0.1) is 0 Å². The van der Waals surface area contributed by atoms with Crippen LogP contribution in [0.3, 0.4) is 0 Å². The van der Waals surface area contributed by atoms with Crippen LogP contribution in [0.5, 0.6) is 5.75 Å². The number of carbonyl (C=O) groups is 1. The van der Waals surface area contributed by atoms with Gasteiger partial charge in [-0.3, -0.25) is 4.79 Å². The summed E-state index contributed by atoms with van der Waals surface area (Å²) in [6.07, 6.45) is -3.68. The molecule has 0 saturated carbocycles. The van der Waals surface area contributed by atoms with E-state index in [0.29, 0.717) is 42.0 Å². The molecule has 0 aromatic heterocycles. The second kappa shape index (κ2) is 6.02. The summed E-state index contributed by atoms with van der Waals surface area (Å²) >= 11 is 0. The normalized spacial score (nSPS) is 22.5. The minimum atomic E-state index is -4.38. The van der Waals surface area contributed by atoms with Gasteiger partial charge in [0.2, 0.25) is 0 Å². The van der Waals surface area contributed by atoms with Crippen LogP contribution in [0.15, 0.2) is 42.5 Å². The van der Waals surface area contributed by atoms with Gasteiger partial charge in [-0.2, -0.15) is 13.2 Å². The molecule has 0 aliphatic carbocycles. The summed E-state index contributed by atoms with van der Waals surface area (Å²) in [5.74, 6) is 0.345. The summed E-state index contributed by atoms with van der Waals surface area (Å²) in [5.41, 5.74) is 6.94. The van der Waals surface area contributed by atoms with Crippen molar-refractivity contribution in [3.05, 3.63) is 53.6 Å². The number of alkyl halides is 3. The van der Waals surface area contributed by atoms with Crippen LogP contribution in [-0.2, 0) is 6.18 Å². The van der Waals surface area contributed by atoms with Crippen molar-refractivity contribution in [3.63, 3.8) is 0 Å². The number of carbonyl (C=O) groups excluding carboxylic acids is 1. The Hall–Kier alpha value is -2.54. The lowest BCUT2D eigenvalue weighted by molar-refractivity contribution is -0.137.